The van der Waals surface area contributed by atoms with E-state index in [-0.39, 0.29) is 11.2 Å². The van der Waals surface area contributed by atoms with Crippen molar-refractivity contribution in [1.82, 2.24) is 0 Å². The number of nitrogens with two attached hydrogens (primary N) is 1. The molecular formula is C13H17F2NO. The number of rotatable bonds is 3. The lowest BCUT2D eigenvalue weighted by Gasteiger charge is -2.28. The Hall–Kier alpha value is -1.16. The van der Waals surface area contributed by atoms with Crippen LogP contribution in [0.15, 0.2) is 12.1 Å². The zero-order valence-electron chi connectivity index (χ0n) is 9.93. The summed E-state index contributed by atoms with van der Waals surface area (Å²) in [6, 6.07) is 2.84. The van der Waals surface area contributed by atoms with Gasteiger partial charge in [0.15, 0.2) is 11.6 Å². The van der Waals surface area contributed by atoms with Crippen LogP contribution in [0.3, 0.4) is 0 Å². The number of methoxy groups -OCH3 is 1. The quantitative estimate of drug-likeness (QED) is 0.883. The Balaban J connectivity index is 2.48. The van der Waals surface area contributed by atoms with Gasteiger partial charge in [0.25, 0.3) is 0 Å². The molecule has 1 aromatic carbocycles. The normalized spacial score (nSPS) is 18.4. The van der Waals surface area contributed by atoms with Crippen LogP contribution in [-0.2, 0) is 5.41 Å². The summed E-state index contributed by atoms with van der Waals surface area (Å²) in [6.45, 7) is 0.460. The molecule has 2 nitrogen and oxygen atoms in total. The highest BCUT2D eigenvalue weighted by molar-refractivity contribution is 5.37. The zero-order chi connectivity index (χ0) is 12.5. The Morgan fingerprint density at radius 2 is 1.94 bits per heavy atom. The summed E-state index contributed by atoms with van der Waals surface area (Å²) in [5.41, 5.74) is 6.37. The van der Waals surface area contributed by atoms with Crippen LogP contribution in [0.2, 0.25) is 0 Å². The second kappa shape index (κ2) is 4.61. The van der Waals surface area contributed by atoms with Crippen molar-refractivity contribution in [1.29, 1.82) is 0 Å². The molecule has 1 aliphatic rings. The van der Waals surface area contributed by atoms with Crippen LogP contribution < -0.4 is 10.5 Å². The fourth-order valence-corrected chi connectivity index (χ4v) is 2.68. The van der Waals surface area contributed by atoms with Crippen molar-refractivity contribution in [2.75, 3.05) is 13.7 Å². The van der Waals surface area contributed by atoms with E-state index >= 15 is 0 Å². The van der Waals surface area contributed by atoms with Crippen LogP contribution in [0.1, 0.15) is 31.2 Å². The van der Waals surface area contributed by atoms with Gasteiger partial charge in [0.2, 0.25) is 5.82 Å². The Morgan fingerprint density at radius 1 is 1.29 bits per heavy atom. The van der Waals surface area contributed by atoms with Gasteiger partial charge in [-0.3, -0.25) is 0 Å². The van der Waals surface area contributed by atoms with Crippen LogP contribution in [0.4, 0.5) is 8.78 Å². The minimum atomic E-state index is -0.929. The second-order valence-corrected chi connectivity index (χ2v) is 4.67. The smallest absolute Gasteiger partial charge is 0.200 e. The van der Waals surface area contributed by atoms with E-state index in [1.165, 1.54) is 13.2 Å². The fourth-order valence-electron chi connectivity index (χ4n) is 2.68. The van der Waals surface area contributed by atoms with Crippen molar-refractivity contribution in [2.45, 2.75) is 31.1 Å². The molecule has 0 bridgehead atoms. The maximum Gasteiger partial charge on any atom is 0.200 e. The molecule has 1 saturated carbocycles. The molecule has 4 heteroatoms. The second-order valence-electron chi connectivity index (χ2n) is 4.67. The summed E-state index contributed by atoms with van der Waals surface area (Å²) in [4.78, 5) is 0. The highest BCUT2D eigenvalue weighted by Gasteiger charge is 2.35. The van der Waals surface area contributed by atoms with E-state index in [9.17, 15) is 8.78 Å². The molecule has 0 heterocycles. The number of halogens is 2. The molecule has 0 spiro atoms. The lowest BCUT2D eigenvalue weighted by molar-refractivity contribution is 0.365. The van der Waals surface area contributed by atoms with Crippen molar-refractivity contribution in [3.8, 4) is 5.75 Å². The van der Waals surface area contributed by atoms with Gasteiger partial charge in [-0.05, 0) is 30.5 Å². The van der Waals surface area contributed by atoms with E-state index in [2.05, 4.69) is 0 Å². The van der Waals surface area contributed by atoms with Gasteiger partial charge in [-0.15, -0.1) is 0 Å². The average Bonchev–Trinajstić information content (AvgIpc) is 2.82. The van der Waals surface area contributed by atoms with Crippen LogP contribution in [0.25, 0.3) is 0 Å². The highest BCUT2D eigenvalue weighted by Crippen LogP contribution is 2.42. The summed E-state index contributed by atoms with van der Waals surface area (Å²) >= 11 is 0. The lowest BCUT2D eigenvalue weighted by Crippen LogP contribution is -2.32. The molecule has 0 unspecified atom stereocenters. The zero-order valence-corrected chi connectivity index (χ0v) is 9.93. The lowest BCUT2D eigenvalue weighted by atomic mass is 9.79. The van der Waals surface area contributed by atoms with E-state index in [4.69, 9.17) is 10.5 Å². The monoisotopic (exact) mass is 241 g/mol. The maximum absolute atomic E-state index is 13.5. The van der Waals surface area contributed by atoms with Crippen molar-refractivity contribution in [3.63, 3.8) is 0 Å². The first-order chi connectivity index (χ1) is 8.13. The Kier molecular flexibility index (Phi) is 3.33. The molecule has 2 rings (SSSR count). The first-order valence-electron chi connectivity index (χ1n) is 5.86. The maximum atomic E-state index is 13.5. The summed E-state index contributed by atoms with van der Waals surface area (Å²) in [5, 5.41) is 0. The van der Waals surface area contributed by atoms with Crippen LogP contribution in [-0.4, -0.2) is 13.7 Å². The van der Waals surface area contributed by atoms with Gasteiger partial charge in [-0.25, -0.2) is 4.39 Å². The van der Waals surface area contributed by atoms with Gasteiger partial charge >= 0.3 is 0 Å². The Morgan fingerprint density at radius 3 is 2.47 bits per heavy atom. The molecular weight excluding hydrogens is 224 g/mol. The van der Waals surface area contributed by atoms with Crippen molar-refractivity contribution in [2.24, 2.45) is 5.73 Å². The molecule has 0 saturated heterocycles. The van der Waals surface area contributed by atoms with Crippen molar-refractivity contribution < 1.29 is 13.5 Å². The van der Waals surface area contributed by atoms with Crippen molar-refractivity contribution in [3.05, 3.63) is 29.3 Å². The largest absolute Gasteiger partial charge is 0.494 e. The molecule has 0 aromatic heterocycles. The first kappa shape index (κ1) is 12.3. The molecule has 0 radical (unpaired) electrons. The number of hydrogen-bond acceptors (Lipinski definition) is 2. The van der Waals surface area contributed by atoms with Gasteiger partial charge in [0, 0.05) is 12.0 Å². The average molecular weight is 241 g/mol. The third kappa shape index (κ3) is 2.02. The van der Waals surface area contributed by atoms with E-state index in [0.29, 0.717) is 6.54 Å². The van der Waals surface area contributed by atoms with Crippen molar-refractivity contribution >= 4 is 0 Å². The summed E-state index contributed by atoms with van der Waals surface area (Å²) in [7, 11) is 1.34. The summed E-state index contributed by atoms with van der Waals surface area (Å²) < 4.78 is 31.7. The van der Waals surface area contributed by atoms with Crippen LogP contribution in [0.5, 0.6) is 5.75 Å². The molecule has 17 heavy (non-hydrogen) atoms. The third-order valence-corrected chi connectivity index (χ3v) is 3.78. The number of ether oxygens (including phenoxy) is 1. The molecule has 0 aliphatic heterocycles. The number of benzene rings is 1. The Labute approximate surface area is 99.8 Å². The van der Waals surface area contributed by atoms with E-state index in [0.717, 1.165) is 31.2 Å². The molecule has 1 aliphatic carbocycles. The van der Waals surface area contributed by atoms with Gasteiger partial charge in [0.1, 0.15) is 0 Å². The Bertz CT molecular complexity index is 414. The minimum absolute atomic E-state index is 0.0419. The van der Waals surface area contributed by atoms with Gasteiger partial charge in [0.05, 0.1) is 7.11 Å². The predicted octanol–water partition coefficient (Wildman–Crippen LogP) is 2.74. The number of hydrogen-bond donors (Lipinski definition) is 1. The molecule has 2 N–H and O–H groups in total. The van der Waals surface area contributed by atoms with Crippen LogP contribution >= 0.6 is 0 Å². The molecule has 0 amide bonds. The third-order valence-electron chi connectivity index (χ3n) is 3.78. The van der Waals surface area contributed by atoms with E-state index in [1.807, 2.05) is 0 Å². The predicted molar refractivity (Wildman–Crippen MR) is 62.1 cm³/mol. The summed E-state index contributed by atoms with van der Waals surface area (Å²) in [5.74, 6) is -1.83. The summed E-state index contributed by atoms with van der Waals surface area (Å²) in [6.07, 6.45) is 4.02. The standard InChI is InChI=1S/C13H17F2NO/c1-17-11-7-9(6-10(14)12(11)15)13(8-16)4-2-3-5-13/h6-7H,2-5,8,16H2,1H3. The molecule has 94 valence electrons. The first-order valence-corrected chi connectivity index (χ1v) is 5.86. The van der Waals surface area contributed by atoms with Gasteiger partial charge in [-0.1, -0.05) is 12.8 Å². The van der Waals surface area contributed by atoms with E-state index < -0.39 is 11.6 Å². The highest BCUT2D eigenvalue weighted by atomic mass is 19.2. The van der Waals surface area contributed by atoms with E-state index in [1.54, 1.807) is 6.07 Å². The molecule has 1 aromatic rings. The van der Waals surface area contributed by atoms with Gasteiger partial charge < -0.3 is 10.5 Å². The minimum Gasteiger partial charge on any atom is -0.494 e. The SMILES string of the molecule is COc1cc(C2(CN)CCCC2)cc(F)c1F. The van der Waals surface area contributed by atoms with Crippen LogP contribution in [0, 0.1) is 11.6 Å². The molecule has 0 atom stereocenters. The topological polar surface area (TPSA) is 35.2 Å². The van der Waals surface area contributed by atoms with Gasteiger partial charge in [-0.2, -0.15) is 4.39 Å². The molecule has 1 fully saturated rings. The fraction of sp³-hybridized carbons (Fsp3) is 0.538.